The van der Waals surface area contributed by atoms with Gasteiger partial charge in [-0.1, -0.05) is 13.8 Å². The fourth-order valence-corrected chi connectivity index (χ4v) is 2.73. The van der Waals surface area contributed by atoms with E-state index in [1.807, 2.05) is 13.8 Å². The number of nitrogens with zero attached hydrogens (tertiary/aromatic N) is 4. The third-order valence-electron chi connectivity index (χ3n) is 2.77. The van der Waals surface area contributed by atoms with Crippen molar-refractivity contribution in [2.75, 3.05) is 0 Å². The van der Waals surface area contributed by atoms with Crippen LogP contribution in [-0.2, 0) is 12.8 Å². The molecule has 7 nitrogen and oxygen atoms in total. The lowest BCUT2D eigenvalue weighted by molar-refractivity contribution is 0.429. The van der Waals surface area contributed by atoms with Crippen molar-refractivity contribution in [1.29, 1.82) is 5.41 Å². The molecule has 0 spiro atoms. The molecule has 0 bridgehead atoms. The molecule has 3 N–H and O–H groups in total. The molecule has 2 aromatic heterocycles. The smallest absolute Gasteiger partial charge is 0.283 e. The van der Waals surface area contributed by atoms with Crippen molar-refractivity contribution < 1.29 is 4.42 Å². The Kier molecular flexibility index (Phi) is 4.33. The van der Waals surface area contributed by atoms with E-state index in [1.54, 1.807) is 6.92 Å². The van der Waals surface area contributed by atoms with Crippen LogP contribution < -0.4 is 5.73 Å². The van der Waals surface area contributed by atoms with Crippen LogP contribution in [0.3, 0.4) is 0 Å². The minimum atomic E-state index is -0.0230. The largest absolute Gasteiger partial charge is 0.416 e. The van der Waals surface area contributed by atoms with Crippen molar-refractivity contribution in [3.05, 3.63) is 22.7 Å². The van der Waals surface area contributed by atoms with Crippen molar-refractivity contribution in [1.82, 2.24) is 20.4 Å². The zero-order valence-electron chi connectivity index (χ0n) is 11.6. The predicted octanol–water partition coefficient (Wildman–Crippen LogP) is 1.73. The number of hydrogen-bond acceptors (Lipinski definition) is 7. The summed E-state index contributed by atoms with van der Waals surface area (Å²) < 4.78 is 5.31. The summed E-state index contributed by atoms with van der Waals surface area (Å²) in [7, 11) is 0. The Balaban J connectivity index is 2.49. The number of nitrogens with two attached hydrogens (primary N) is 1. The highest BCUT2D eigenvalue weighted by Gasteiger charge is 2.19. The summed E-state index contributed by atoms with van der Waals surface area (Å²) in [5, 5.41) is 24.7. The van der Waals surface area contributed by atoms with Crippen molar-refractivity contribution in [3.63, 3.8) is 0 Å². The minimum absolute atomic E-state index is 0.0230. The van der Waals surface area contributed by atoms with E-state index in [4.69, 9.17) is 15.6 Å². The molecule has 2 aromatic rings. The Labute approximate surface area is 120 Å². The number of hydrogen-bond donors (Lipinski definition) is 2. The SMILES string of the molecule is CCc1nnc(Sc2nnc(C)o2)c(C(=N)N)c1CC. The summed E-state index contributed by atoms with van der Waals surface area (Å²) in [6, 6.07) is 0. The molecule has 8 heteroatoms. The van der Waals surface area contributed by atoms with Crippen LogP contribution in [-0.4, -0.2) is 26.2 Å². The molecule has 0 saturated heterocycles. The molecule has 0 aromatic carbocycles. The van der Waals surface area contributed by atoms with E-state index < -0.39 is 0 Å². The highest BCUT2D eigenvalue weighted by Crippen LogP contribution is 2.30. The molecule has 0 aliphatic rings. The average Bonchev–Trinajstić information content (AvgIpc) is 2.83. The fourth-order valence-electron chi connectivity index (χ4n) is 1.91. The molecule has 0 radical (unpaired) electrons. The summed E-state index contributed by atoms with van der Waals surface area (Å²) in [5.41, 5.74) is 8.14. The van der Waals surface area contributed by atoms with E-state index in [2.05, 4.69) is 20.4 Å². The second-order valence-electron chi connectivity index (χ2n) is 4.12. The van der Waals surface area contributed by atoms with Gasteiger partial charge in [0.25, 0.3) is 5.22 Å². The van der Waals surface area contributed by atoms with Gasteiger partial charge in [-0.3, -0.25) is 5.41 Å². The Bertz CT molecular complexity index is 639. The van der Waals surface area contributed by atoms with Gasteiger partial charge < -0.3 is 10.2 Å². The van der Waals surface area contributed by atoms with Crippen molar-refractivity contribution in [3.8, 4) is 0 Å². The summed E-state index contributed by atoms with van der Waals surface area (Å²) in [4.78, 5) is 0. The molecule has 2 heterocycles. The lowest BCUT2D eigenvalue weighted by atomic mass is 10.0. The molecule has 0 unspecified atom stereocenters. The van der Waals surface area contributed by atoms with Gasteiger partial charge in [0.05, 0.1) is 11.3 Å². The number of nitrogens with one attached hydrogen (secondary N) is 1. The molecule has 2 rings (SSSR count). The average molecular weight is 292 g/mol. The zero-order valence-corrected chi connectivity index (χ0v) is 12.4. The quantitative estimate of drug-likeness (QED) is 0.637. The van der Waals surface area contributed by atoms with Crippen LogP contribution in [0.2, 0.25) is 0 Å². The third kappa shape index (κ3) is 2.79. The van der Waals surface area contributed by atoms with Crippen LogP contribution >= 0.6 is 11.8 Å². The van der Waals surface area contributed by atoms with Gasteiger partial charge in [0.15, 0.2) is 0 Å². The van der Waals surface area contributed by atoms with Crippen LogP contribution in [0.1, 0.15) is 36.6 Å². The van der Waals surface area contributed by atoms with Gasteiger partial charge >= 0.3 is 0 Å². The topological polar surface area (TPSA) is 115 Å². The molecule has 0 atom stereocenters. The Morgan fingerprint density at radius 3 is 2.45 bits per heavy atom. The van der Waals surface area contributed by atoms with E-state index in [9.17, 15) is 0 Å². The Morgan fingerprint density at radius 1 is 1.20 bits per heavy atom. The summed E-state index contributed by atoms with van der Waals surface area (Å²) in [6.45, 7) is 5.72. The lowest BCUT2D eigenvalue weighted by Crippen LogP contribution is -2.18. The van der Waals surface area contributed by atoms with Crippen LogP contribution in [0.4, 0.5) is 0 Å². The number of aryl methyl sites for hydroxylation is 2. The summed E-state index contributed by atoms with van der Waals surface area (Å²) in [5.74, 6) is 0.455. The highest BCUT2D eigenvalue weighted by atomic mass is 32.2. The minimum Gasteiger partial charge on any atom is -0.416 e. The number of aromatic nitrogens is 4. The van der Waals surface area contributed by atoms with Gasteiger partial charge in [0, 0.05) is 6.92 Å². The van der Waals surface area contributed by atoms with Gasteiger partial charge in [-0.05, 0) is 30.2 Å². The molecule has 20 heavy (non-hydrogen) atoms. The first-order valence-electron chi connectivity index (χ1n) is 6.27. The van der Waals surface area contributed by atoms with E-state index in [0.717, 1.165) is 24.1 Å². The van der Waals surface area contributed by atoms with Crippen LogP contribution in [0.25, 0.3) is 0 Å². The normalized spacial score (nSPS) is 10.8. The maximum absolute atomic E-state index is 7.79. The van der Waals surface area contributed by atoms with Crippen molar-refractivity contribution >= 4 is 17.6 Å². The second kappa shape index (κ2) is 6.00. The van der Waals surface area contributed by atoms with Crippen LogP contribution in [0, 0.1) is 12.3 Å². The monoisotopic (exact) mass is 292 g/mol. The van der Waals surface area contributed by atoms with Gasteiger partial charge in [-0.15, -0.1) is 15.3 Å². The fraction of sp³-hybridized carbons (Fsp3) is 0.417. The first-order valence-corrected chi connectivity index (χ1v) is 7.09. The first kappa shape index (κ1) is 14.4. The molecule has 0 fully saturated rings. The Morgan fingerprint density at radius 2 is 1.95 bits per heavy atom. The van der Waals surface area contributed by atoms with Crippen LogP contribution in [0.5, 0.6) is 0 Å². The first-order chi connectivity index (χ1) is 9.56. The van der Waals surface area contributed by atoms with E-state index >= 15 is 0 Å². The van der Waals surface area contributed by atoms with E-state index in [1.165, 1.54) is 11.8 Å². The molecule has 0 amide bonds. The summed E-state index contributed by atoms with van der Waals surface area (Å²) in [6.07, 6.45) is 1.49. The molecule has 106 valence electrons. The van der Waals surface area contributed by atoms with Crippen LogP contribution in [0.15, 0.2) is 14.7 Å². The third-order valence-corrected chi connectivity index (χ3v) is 3.59. The molecule has 0 aliphatic carbocycles. The molecular formula is C12H16N6OS. The number of nitrogen functional groups attached to an aromatic ring is 1. The molecular weight excluding hydrogens is 276 g/mol. The highest BCUT2D eigenvalue weighted by molar-refractivity contribution is 7.99. The van der Waals surface area contributed by atoms with Crippen molar-refractivity contribution in [2.24, 2.45) is 5.73 Å². The van der Waals surface area contributed by atoms with E-state index in [0.29, 0.717) is 21.7 Å². The number of rotatable bonds is 5. The van der Waals surface area contributed by atoms with Crippen molar-refractivity contribution in [2.45, 2.75) is 43.9 Å². The summed E-state index contributed by atoms with van der Waals surface area (Å²) >= 11 is 1.18. The van der Waals surface area contributed by atoms with Gasteiger partial charge in [-0.25, -0.2) is 0 Å². The van der Waals surface area contributed by atoms with Gasteiger partial charge in [0.1, 0.15) is 10.9 Å². The van der Waals surface area contributed by atoms with E-state index in [-0.39, 0.29) is 5.84 Å². The van der Waals surface area contributed by atoms with Gasteiger partial charge in [0.2, 0.25) is 5.89 Å². The second-order valence-corrected chi connectivity index (χ2v) is 5.06. The lowest BCUT2D eigenvalue weighted by Gasteiger charge is -2.12. The maximum Gasteiger partial charge on any atom is 0.283 e. The predicted molar refractivity (Wildman–Crippen MR) is 75.0 cm³/mol. The molecule has 0 saturated carbocycles. The Hall–Kier alpha value is -1.96. The number of amidine groups is 1. The maximum atomic E-state index is 7.79. The van der Waals surface area contributed by atoms with Gasteiger partial charge in [-0.2, -0.15) is 5.10 Å². The standard InChI is InChI=1S/C12H16N6OS/c1-4-7-8(5-2)16-17-11(9(7)10(13)14)20-12-18-15-6(3)19-12/h4-5H2,1-3H3,(H3,13,14). The zero-order chi connectivity index (χ0) is 14.7. The molecule has 0 aliphatic heterocycles.